The van der Waals surface area contributed by atoms with Crippen molar-refractivity contribution in [2.45, 2.75) is 45.7 Å². The van der Waals surface area contributed by atoms with Gasteiger partial charge in [-0.3, -0.25) is 9.69 Å². The maximum Gasteiger partial charge on any atom is 0.254 e. The van der Waals surface area contributed by atoms with E-state index in [-0.39, 0.29) is 11.0 Å². The first kappa shape index (κ1) is 17.5. The first-order valence-electron chi connectivity index (χ1n) is 8.02. The zero-order valence-electron chi connectivity index (χ0n) is 14.1. The molecule has 0 spiro atoms. The summed E-state index contributed by atoms with van der Waals surface area (Å²) in [7, 11) is 0. The third kappa shape index (κ3) is 3.82. The van der Waals surface area contributed by atoms with Gasteiger partial charge in [0, 0.05) is 40.7 Å². The first-order chi connectivity index (χ1) is 11.2. The summed E-state index contributed by atoms with van der Waals surface area (Å²) in [6.07, 6.45) is 0.705. The fraction of sp³-hybridized carbons (Fsp3) is 0.444. The molecule has 0 bridgehead atoms. The minimum Gasteiger partial charge on any atom is -0.310 e. The van der Waals surface area contributed by atoms with Crippen LogP contribution in [-0.4, -0.2) is 21.4 Å². The summed E-state index contributed by atoms with van der Waals surface area (Å²) in [4.78, 5) is 22.3. The number of nitrogens with one attached hydrogen (secondary N) is 1. The molecule has 1 N–H and O–H groups in total. The minimum absolute atomic E-state index is 0.00428. The summed E-state index contributed by atoms with van der Waals surface area (Å²) < 4.78 is 0. The maximum atomic E-state index is 12.3. The van der Waals surface area contributed by atoms with E-state index in [0.29, 0.717) is 23.0 Å². The Morgan fingerprint density at radius 3 is 2.50 bits per heavy atom. The van der Waals surface area contributed by atoms with Gasteiger partial charge in [-0.15, -0.1) is 0 Å². The van der Waals surface area contributed by atoms with Gasteiger partial charge in [-0.2, -0.15) is 0 Å². The van der Waals surface area contributed by atoms with Crippen molar-refractivity contribution >= 4 is 23.2 Å². The van der Waals surface area contributed by atoms with Crippen LogP contribution in [0.4, 0.5) is 0 Å². The second-order valence-electron chi connectivity index (χ2n) is 7.33. The molecule has 0 saturated carbocycles. The number of rotatable bonds is 2. The lowest BCUT2D eigenvalue weighted by Gasteiger charge is -2.29. The quantitative estimate of drug-likeness (QED) is 0.876. The Labute approximate surface area is 151 Å². The normalized spacial score (nSPS) is 15.4. The zero-order chi connectivity index (χ0) is 17.5. The highest BCUT2D eigenvalue weighted by Crippen LogP contribution is 2.24. The Morgan fingerprint density at radius 2 is 1.88 bits per heavy atom. The van der Waals surface area contributed by atoms with Crippen molar-refractivity contribution in [1.29, 1.82) is 0 Å². The second-order valence-corrected chi connectivity index (χ2v) is 8.20. The third-order valence-electron chi connectivity index (χ3n) is 4.19. The van der Waals surface area contributed by atoms with Crippen molar-refractivity contribution in [2.75, 3.05) is 6.54 Å². The van der Waals surface area contributed by atoms with Crippen molar-refractivity contribution in [3.8, 4) is 0 Å². The molecule has 24 heavy (non-hydrogen) atoms. The molecular formula is C18H21Cl2N3O. The summed E-state index contributed by atoms with van der Waals surface area (Å²) in [5, 5.41) is 1.28. The molecule has 1 aliphatic heterocycles. The first-order valence-corrected chi connectivity index (χ1v) is 8.78. The predicted octanol–water partition coefficient (Wildman–Crippen LogP) is 3.93. The van der Waals surface area contributed by atoms with Gasteiger partial charge in [0.25, 0.3) is 5.56 Å². The maximum absolute atomic E-state index is 12.3. The molecule has 0 amide bonds. The fourth-order valence-electron chi connectivity index (χ4n) is 2.94. The predicted molar refractivity (Wildman–Crippen MR) is 97.8 cm³/mol. The van der Waals surface area contributed by atoms with Gasteiger partial charge in [-0.05, 0) is 30.2 Å². The SMILES string of the molecule is CC(C)(C)c1nc2c(c(=O)[nH]1)CCN(Cc1cc(Cl)cc(Cl)c1)C2. The Morgan fingerprint density at radius 1 is 1.21 bits per heavy atom. The van der Waals surface area contributed by atoms with Gasteiger partial charge in [0.1, 0.15) is 5.82 Å². The number of hydrogen-bond acceptors (Lipinski definition) is 3. The third-order valence-corrected chi connectivity index (χ3v) is 4.63. The molecule has 1 aliphatic rings. The molecule has 0 atom stereocenters. The number of fused-ring (bicyclic) bond motifs is 1. The van der Waals surface area contributed by atoms with E-state index in [2.05, 4.69) is 9.88 Å². The molecule has 0 saturated heterocycles. The Bertz CT molecular complexity index is 804. The summed E-state index contributed by atoms with van der Waals surface area (Å²) in [6, 6.07) is 5.58. The fourth-order valence-corrected chi connectivity index (χ4v) is 3.52. The standard InChI is InChI=1S/C18H21Cl2N3O/c1-18(2,3)17-21-15-10-23(5-4-14(15)16(24)22-17)9-11-6-12(19)8-13(20)7-11/h6-8H,4-5,9-10H2,1-3H3,(H,21,22,24). The van der Waals surface area contributed by atoms with Crippen LogP contribution in [0.1, 0.15) is 43.4 Å². The molecule has 6 heteroatoms. The molecule has 4 nitrogen and oxygen atoms in total. The van der Waals surface area contributed by atoms with Gasteiger partial charge >= 0.3 is 0 Å². The van der Waals surface area contributed by atoms with Crippen LogP contribution in [0.5, 0.6) is 0 Å². The smallest absolute Gasteiger partial charge is 0.254 e. The molecule has 0 aliphatic carbocycles. The lowest BCUT2D eigenvalue weighted by Crippen LogP contribution is -2.36. The lowest BCUT2D eigenvalue weighted by molar-refractivity contribution is 0.239. The summed E-state index contributed by atoms with van der Waals surface area (Å²) >= 11 is 12.2. The molecule has 2 heterocycles. The zero-order valence-corrected chi connectivity index (χ0v) is 15.6. The van der Waals surface area contributed by atoms with Crippen LogP contribution in [0.2, 0.25) is 10.0 Å². The highest BCUT2D eigenvalue weighted by atomic mass is 35.5. The number of H-pyrrole nitrogens is 1. The molecule has 1 aromatic carbocycles. The van der Waals surface area contributed by atoms with Crippen LogP contribution in [0.15, 0.2) is 23.0 Å². The molecule has 3 rings (SSSR count). The molecule has 128 valence electrons. The van der Waals surface area contributed by atoms with Crippen LogP contribution < -0.4 is 5.56 Å². The minimum atomic E-state index is -0.184. The Hall–Kier alpha value is -1.36. The van der Waals surface area contributed by atoms with Gasteiger partial charge in [0.15, 0.2) is 0 Å². The summed E-state index contributed by atoms with van der Waals surface area (Å²) in [6.45, 7) is 8.35. The number of nitrogens with zero attached hydrogens (tertiary/aromatic N) is 2. The molecule has 2 aromatic rings. The largest absolute Gasteiger partial charge is 0.310 e. The number of halogens is 2. The number of aromatic nitrogens is 2. The van der Waals surface area contributed by atoms with E-state index in [9.17, 15) is 4.79 Å². The van der Waals surface area contributed by atoms with E-state index in [1.54, 1.807) is 6.07 Å². The van der Waals surface area contributed by atoms with Gasteiger partial charge in [-0.25, -0.2) is 4.98 Å². The van der Waals surface area contributed by atoms with Crippen LogP contribution in [0, 0.1) is 0 Å². The average molecular weight is 366 g/mol. The Kier molecular flexibility index (Phi) is 4.73. The number of hydrogen-bond donors (Lipinski definition) is 1. The van der Waals surface area contributed by atoms with E-state index in [0.717, 1.165) is 35.7 Å². The summed E-state index contributed by atoms with van der Waals surface area (Å²) in [5.74, 6) is 0.735. The van der Waals surface area contributed by atoms with E-state index >= 15 is 0 Å². The highest BCUT2D eigenvalue weighted by molar-refractivity contribution is 6.34. The van der Waals surface area contributed by atoms with Gasteiger partial charge in [0.05, 0.1) is 5.69 Å². The van der Waals surface area contributed by atoms with E-state index in [1.807, 2.05) is 32.9 Å². The van der Waals surface area contributed by atoms with Gasteiger partial charge in [0.2, 0.25) is 0 Å². The van der Waals surface area contributed by atoms with Crippen LogP contribution >= 0.6 is 23.2 Å². The van der Waals surface area contributed by atoms with Crippen molar-refractivity contribution in [3.63, 3.8) is 0 Å². The van der Waals surface area contributed by atoms with Crippen LogP contribution in [-0.2, 0) is 24.9 Å². The molecule has 1 aromatic heterocycles. The van der Waals surface area contributed by atoms with Crippen LogP contribution in [0.25, 0.3) is 0 Å². The van der Waals surface area contributed by atoms with Crippen LogP contribution in [0.3, 0.4) is 0 Å². The van der Waals surface area contributed by atoms with Crippen molar-refractivity contribution in [2.24, 2.45) is 0 Å². The molecule has 0 fully saturated rings. The monoisotopic (exact) mass is 365 g/mol. The lowest BCUT2D eigenvalue weighted by atomic mass is 9.95. The average Bonchev–Trinajstić information content (AvgIpc) is 2.44. The highest BCUT2D eigenvalue weighted by Gasteiger charge is 2.24. The molecule has 0 unspecified atom stereocenters. The molecule has 0 radical (unpaired) electrons. The van der Waals surface area contributed by atoms with Gasteiger partial charge < -0.3 is 4.98 Å². The van der Waals surface area contributed by atoms with E-state index < -0.39 is 0 Å². The summed E-state index contributed by atoms with van der Waals surface area (Å²) in [5.41, 5.74) is 2.57. The number of benzene rings is 1. The van der Waals surface area contributed by atoms with Crippen molar-refractivity contribution in [3.05, 3.63) is 61.2 Å². The van der Waals surface area contributed by atoms with Gasteiger partial charge in [-0.1, -0.05) is 44.0 Å². The van der Waals surface area contributed by atoms with E-state index in [4.69, 9.17) is 28.2 Å². The van der Waals surface area contributed by atoms with E-state index in [1.165, 1.54) is 0 Å². The molecular weight excluding hydrogens is 345 g/mol. The topological polar surface area (TPSA) is 49.0 Å². The Balaban J connectivity index is 1.85. The van der Waals surface area contributed by atoms with Crippen molar-refractivity contribution in [1.82, 2.24) is 14.9 Å². The van der Waals surface area contributed by atoms with Crippen molar-refractivity contribution < 1.29 is 0 Å². The number of aromatic amines is 1. The second kappa shape index (κ2) is 6.51.